The summed E-state index contributed by atoms with van der Waals surface area (Å²) in [4.78, 5) is 38.0. The van der Waals surface area contributed by atoms with Crippen molar-refractivity contribution in [1.82, 2.24) is 15.5 Å². The number of amides is 4. The third-order valence-corrected chi connectivity index (χ3v) is 5.52. The second kappa shape index (κ2) is 6.58. The minimum atomic E-state index is -5.24. The molecule has 2 aliphatic rings. The molecule has 4 amide bonds. The van der Waals surface area contributed by atoms with Crippen LogP contribution in [0.25, 0.3) is 0 Å². The van der Waals surface area contributed by atoms with E-state index in [1.807, 2.05) is 13.8 Å². The van der Waals surface area contributed by atoms with Crippen LogP contribution in [0, 0.1) is 11.8 Å². The number of carbonyl (C=O) groups is 3. The molecule has 7 nitrogen and oxygen atoms in total. The topological polar surface area (TPSA) is 91.7 Å². The molecule has 0 radical (unpaired) electrons. The Bertz CT molecular complexity index is 749. The highest BCUT2D eigenvalue weighted by Crippen LogP contribution is 2.39. The summed E-state index contributed by atoms with van der Waals surface area (Å²) in [7, 11) is 0. The van der Waals surface area contributed by atoms with Crippen LogP contribution in [0.5, 0.6) is 0 Å². The lowest BCUT2D eigenvalue weighted by Crippen LogP contribution is -2.69. The molecule has 10 heteroatoms. The number of imide groups is 1. The van der Waals surface area contributed by atoms with Crippen molar-refractivity contribution in [2.24, 2.45) is 11.8 Å². The van der Waals surface area contributed by atoms with Crippen LogP contribution in [0.3, 0.4) is 0 Å². The smallest absolute Gasteiger partial charge is 0.440 e. The Morgan fingerprint density at radius 1 is 1.33 bits per heavy atom. The van der Waals surface area contributed by atoms with Crippen LogP contribution in [-0.2, 0) is 4.79 Å². The lowest BCUT2D eigenvalue weighted by atomic mass is 9.77. The maximum absolute atomic E-state index is 13.8. The van der Waals surface area contributed by atoms with Crippen LogP contribution in [-0.4, -0.2) is 40.6 Å². The molecule has 1 aromatic heterocycles. The molecule has 0 spiro atoms. The lowest BCUT2D eigenvalue weighted by molar-refractivity contribution is -0.201. The average molecular weight is 387 g/mol. The first-order chi connectivity index (χ1) is 12.6. The third kappa shape index (κ3) is 3.06. The van der Waals surface area contributed by atoms with E-state index in [9.17, 15) is 27.6 Å². The maximum Gasteiger partial charge on any atom is 0.440 e. The molecule has 1 saturated carbocycles. The van der Waals surface area contributed by atoms with Gasteiger partial charge in [0.1, 0.15) is 0 Å². The van der Waals surface area contributed by atoms with Gasteiger partial charge in [0.25, 0.3) is 17.5 Å². The van der Waals surface area contributed by atoms with E-state index >= 15 is 0 Å². The van der Waals surface area contributed by atoms with E-state index in [0.717, 1.165) is 18.8 Å². The Balaban J connectivity index is 1.94. The summed E-state index contributed by atoms with van der Waals surface area (Å²) in [6.45, 7) is 3.75. The van der Waals surface area contributed by atoms with Crippen molar-refractivity contribution in [3.05, 3.63) is 24.2 Å². The number of nitrogens with one attached hydrogen (secondary N) is 2. The Morgan fingerprint density at radius 2 is 2.04 bits per heavy atom. The second-order valence-corrected chi connectivity index (χ2v) is 7.12. The van der Waals surface area contributed by atoms with Gasteiger partial charge in [-0.05, 0) is 30.4 Å². The first-order valence-electron chi connectivity index (χ1n) is 8.67. The molecule has 0 aromatic carbocycles. The zero-order valence-electron chi connectivity index (χ0n) is 14.8. The largest absolute Gasteiger partial charge is 0.459 e. The number of halogens is 3. The van der Waals surface area contributed by atoms with Crippen molar-refractivity contribution in [2.45, 2.75) is 51.0 Å². The van der Waals surface area contributed by atoms with E-state index in [-0.39, 0.29) is 11.8 Å². The van der Waals surface area contributed by atoms with Crippen LogP contribution in [0.15, 0.2) is 22.8 Å². The van der Waals surface area contributed by atoms with E-state index in [1.54, 1.807) is 10.6 Å². The standard InChI is InChI=1S/C17H20F3N3O4/c1-9-5-3-6-11(10(9)2)23-14(25)16(17(18,19)20,22-15(23)26)21-13(24)12-7-4-8-27-12/h4,7-11H,3,5-6H2,1-2H3,(H,21,24)(H,22,26)/t9-,10+,11-,16+/m1/s1. The molecule has 2 heterocycles. The van der Waals surface area contributed by atoms with Gasteiger partial charge in [-0.2, -0.15) is 13.2 Å². The van der Waals surface area contributed by atoms with E-state index in [2.05, 4.69) is 0 Å². The molecule has 27 heavy (non-hydrogen) atoms. The van der Waals surface area contributed by atoms with Crippen molar-refractivity contribution in [3.8, 4) is 0 Å². The van der Waals surface area contributed by atoms with Crippen LogP contribution >= 0.6 is 0 Å². The third-order valence-electron chi connectivity index (χ3n) is 5.52. The predicted octanol–water partition coefficient (Wildman–Crippen LogP) is 2.64. The molecule has 2 N–H and O–H groups in total. The summed E-state index contributed by atoms with van der Waals surface area (Å²) in [5, 5.41) is 3.30. The first kappa shape index (κ1) is 19.2. The van der Waals surface area contributed by atoms with E-state index in [1.165, 1.54) is 6.07 Å². The molecular weight excluding hydrogens is 367 g/mol. The van der Waals surface area contributed by atoms with Gasteiger partial charge < -0.3 is 9.73 Å². The first-order valence-corrected chi connectivity index (χ1v) is 8.67. The van der Waals surface area contributed by atoms with Gasteiger partial charge in [-0.1, -0.05) is 26.7 Å². The number of alkyl halides is 3. The zero-order valence-corrected chi connectivity index (χ0v) is 14.8. The average Bonchev–Trinajstić information content (AvgIpc) is 3.18. The van der Waals surface area contributed by atoms with Crippen LogP contribution < -0.4 is 10.6 Å². The molecule has 1 aromatic rings. The molecule has 1 aliphatic carbocycles. The Hall–Kier alpha value is -2.52. The van der Waals surface area contributed by atoms with E-state index in [0.29, 0.717) is 17.7 Å². The summed E-state index contributed by atoms with van der Waals surface area (Å²) in [6, 6.07) is 0.652. The van der Waals surface area contributed by atoms with E-state index in [4.69, 9.17) is 4.42 Å². The fraction of sp³-hybridized carbons (Fsp3) is 0.588. The number of furan rings is 1. The number of carbonyl (C=O) groups excluding carboxylic acids is 3. The fourth-order valence-electron chi connectivity index (χ4n) is 3.75. The van der Waals surface area contributed by atoms with Crippen molar-refractivity contribution < 1.29 is 32.0 Å². The highest BCUT2D eigenvalue weighted by Gasteiger charge is 2.70. The SMILES string of the molecule is C[C@H]1[C@H](C)CCC[C@H]1N1C(=O)N[C@](NC(=O)c2ccco2)(C(F)(F)F)C1=O. The van der Waals surface area contributed by atoms with Gasteiger partial charge >= 0.3 is 12.2 Å². The molecule has 0 bridgehead atoms. The minimum absolute atomic E-state index is 0.154. The summed E-state index contributed by atoms with van der Waals surface area (Å²) >= 11 is 0. The summed E-state index contributed by atoms with van der Waals surface area (Å²) in [5.41, 5.74) is -3.52. The molecule has 0 unspecified atom stereocenters. The van der Waals surface area contributed by atoms with Crippen LogP contribution in [0.1, 0.15) is 43.7 Å². The number of hydrogen-bond acceptors (Lipinski definition) is 4. The van der Waals surface area contributed by atoms with Gasteiger partial charge in [-0.25, -0.2) is 4.79 Å². The molecule has 2 fully saturated rings. The monoisotopic (exact) mass is 387 g/mol. The minimum Gasteiger partial charge on any atom is -0.459 e. The fourth-order valence-corrected chi connectivity index (χ4v) is 3.75. The van der Waals surface area contributed by atoms with Crippen molar-refractivity contribution in [1.29, 1.82) is 0 Å². The van der Waals surface area contributed by atoms with Gasteiger partial charge in [0.05, 0.1) is 6.26 Å². The molecular formula is C17H20F3N3O4. The van der Waals surface area contributed by atoms with Crippen molar-refractivity contribution in [3.63, 3.8) is 0 Å². The van der Waals surface area contributed by atoms with E-state index < -0.39 is 41.5 Å². The Kier molecular flexibility index (Phi) is 4.69. The second-order valence-electron chi connectivity index (χ2n) is 7.12. The molecule has 148 valence electrons. The van der Waals surface area contributed by atoms with Crippen LogP contribution in [0.4, 0.5) is 18.0 Å². The van der Waals surface area contributed by atoms with Crippen molar-refractivity contribution in [2.75, 3.05) is 0 Å². The quantitative estimate of drug-likeness (QED) is 0.780. The van der Waals surface area contributed by atoms with Gasteiger partial charge in [0, 0.05) is 6.04 Å². The molecule has 3 rings (SSSR count). The Labute approximate surface area is 153 Å². The number of nitrogens with zero attached hydrogens (tertiary/aromatic N) is 1. The van der Waals surface area contributed by atoms with Gasteiger partial charge in [-0.15, -0.1) is 0 Å². The highest BCUT2D eigenvalue weighted by atomic mass is 19.4. The summed E-state index contributed by atoms with van der Waals surface area (Å²) < 4.78 is 46.3. The lowest BCUT2D eigenvalue weighted by Gasteiger charge is -2.38. The summed E-state index contributed by atoms with van der Waals surface area (Å²) in [6.07, 6.45) is -2.13. The highest BCUT2D eigenvalue weighted by molar-refractivity contribution is 6.10. The van der Waals surface area contributed by atoms with Gasteiger partial charge in [-0.3, -0.25) is 19.8 Å². The maximum atomic E-state index is 13.8. The molecule has 4 atom stereocenters. The number of hydrogen-bond donors (Lipinski definition) is 2. The molecule has 1 aliphatic heterocycles. The van der Waals surface area contributed by atoms with Gasteiger partial charge in [0.2, 0.25) is 0 Å². The zero-order chi connectivity index (χ0) is 20.0. The van der Waals surface area contributed by atoms with Gasteiger partial charge in [0.15, 0.2) is 5.76 Å². The normalized spacial score (nSPS) is 31.7. The number of rotatable bonds is 3. The van der Waals surface area contributed by atoms with Crippen LogP contribution in [0.2, 0.25) is 0 Å². The molecule has 1 saturated heterocycles. The predicted molar refractivity (Wildman–Crippen MR) is 86.3 cm³/mol. The van der Waals surface area contributed by atoms with Crippen molar-refractivity contribution >= 4 is 17.8 Å². The summed E-state index contributed by atoms with van der Waals surface area (Å²) in [5.74, 6) is -3.18. The number of urea groups is 1. The Morgan fingerprint density at radius 3 is 2.63 bits per heavy atom.